The van der Waals surface area contributed by atoms with Crippen LogP contribution >= 0.6 is 112 Å². The van der Waals surface area contributed by atoms with E-state index in [4.69, 9.17) is 19.4 Å². The zero-order valence-corrected chi connectivity index (χ0v) is 35.1. The van der Waals surface area contributed by atoms with E-state index in [9.17, 15) is 0 Å². The van der Waals surface area contributed by atoms with Crippen LogP contribution in [-0.2, 0) is 15.1 Å². The summed E-state index contributed by atoms with van der Waals surface area (Å²) in [5.41, 5.74) is 4.45. The molecule has 0 bridgehead atoms. The van der Waals surface area contributed by atoms with Crippen LogP contribution in [0.2, 0.25) is 0 Å². The van der Waals surface area contributed by atoms with E-state index in [2.05, 4.69) is 69.2 Å². The Morgan fingerprint density at radius 1 is 0.404 bits per heavy atom. The first-order valence-corrected chi connectivity index (χ1v) is 25.8. The van der Waals surface area contributed by atoms with Gasteiger partial charge >= 0.3 is 34.5 Å². The second kappa shape index (κ2) is 21.3. The van der Waals surface area contributed by atoms with Crippen LogP contribution in [0.15, 0.2) is 114 Å². The molecule has 15 heteroatoms. The Morgan fingerprint density at radius 2 is 0.596 bits per heavy atom. The molecule has 0 aliphatic carbocycles. The van der Waals surface area contributed by atoms with Gasteiger partial charge in [0.2, 0.25) is 0 Å². The fraction of sp³-hybridized carbons (Fsp3) is 0.125. The number of thiazole rings is 4. The van der Waals surface area contributed by atoms with Crippen LogP contribution < -0.4 is 0 Å². The number of nitrogens with zero attached hydrogens (tertiary/aromatic N) is 4. The molecule has 0 fully saturated rings. The van der Waals surface area contributed by atoms with Gasteiger partial charge in [-0.05, 0) is 73.6 Å². The van der Waals surface area contributed by atoms with E-state index in [0.717, 1.165) is 39.4 Å². The molecule has 8 aromatic rings. The summed E-state index contributed by atoms with van der Waals surface area (Å²) in [7, 11) is 9.67. The number of para-hydroxylation sites is 4. The summed E-state index contributed by atoms with van der Waals surface area (Å²) >= 11 is 13.6. The van der Waals surface area contributed by atoms with E-state index in [0.29, 0.717) is 0 Å². The summed E-state index contributed by atoms with van der Waals surface area (Å²) in [4.78, 5) is 17.7. The predicted octanol–water partition coefficient (Wildman–Crippen LogP) is 13.4. The van der Waals surface area contributed by atoms with E-state index < -0.39 is 0 Å². The van der Waals surface area contributed by atoms with Crippen LogP contribution in [0, 0.1) is 0 Å². The van der Waals surface area contributed by atoms with Gasteiger partial charge in [-0.2, -0.15) is 0 Å². The van der Waals surface area contributed by atoms with Crippen molar-refractivity contribution in [2.45, 2.75) is 17.4 Å². The Hall–Kier alpha value is -0.957. The van der Waals surface area contributed by atoms with Crippen LogP contribution in [0.4, 0.5) is 0 Å². The fourth-order valence-electron chi connectivity index (χ4n) is 3.75. The molecule has 0 radical (unpaired) electrons. The molecule has 0 atom stereocenters. The Labute approximate surface area is 323 Å². The van der Waals surface area contributed by atoms with Gasteiger partial charge < -0.3 is 0 Å². The van der Waals surface area contributed by atoms with Crippen molar-refractivity contribution in [1.82, 2.24) is 19.9 Å². The summed E-state index contributed by atoms with van der Waals surface area (Å²) < 4.78 is 9.68. The quantitative estimate of drug-likeness (QED) is 0.128. The first-order valence-electron chi connectivity index (χ1n) is 13.4. The summed E-state index contributed by atoms with van der Waals surface area (Å²) in [6.45, 7) is 0. The van der Waals surface area contributed by atoms with Crippen molar-refractivity contribution in [1.29, 1.82) is 0 Å². The SMILES string of the molecule is CSc1nc2ccccc2s1.CSc1nc2ccccc2s1.CSc1nc2ccccc2s1.CSc1nc2ccccc2s1.[Cl][Rh][Cl]. The van der Waals surface area contributed by atoms with Crippen molar-refractivity contribution in [2.24, 2.45) is 0 Å². The zero-order chi connectivity index (χ0) is 33.4. The van der Waals surface area contributed by atoms with Crippen molar-refractivity contribution >= 4 is 153 Å². The number of fused-ring (bicyclic) bond motifs is 4. The molecule has 0 N–H and O–H groups in total. The third-order valence-corrected chi connectivity index (χ3v) is 13.9. The third-order valence-electron chi connectivity index (χ3n) is 5.80. The normalized spacial score (nSPS) is 10.4. The Morgan fingerprint density at radius 3 is 0.766 bits per heavy atom. The van der Waals surface area contributed by atoms with E-state index in [1.165, 1.54) is 18.8 Å². The molecule has 0 saturated heterocycles. The number of thioether (sulfide) groups is 4. The van der Waals surface area contributed by atoms with E-state index in [-0.39, 0.29) is 15.1 Å². The molecule has 47 heavy (non-hydrogen) atoms. The van der Waals surface area contributed by atoms with Crippen LogP contribution in [0.3, 0.4) is 0 Å². The second-order valence-electron chi connectivity index (χ2n) is 8.65. The second-order valence-corrected chi connectivity index (χ2v) is 19.5. The maximum absolute atomic E-state index is 4.83. The number of rotatable bonds is 4. The van der Waals surface area contributed by atoms with Crippen LogP contribution in [-0.4, -0.2) is 45.0 Å². The molecule has 0 amide bonds. The van der Waals surface area contributed by atoms with Gasteiger partial charge in [-0.1, -0.05) is 95.6 Å². The molecule has 0 unspecified atom stereocenters. The molecule has 8 rings (SSSR count). The average molecular weight is 899 g/mol. The minimum absolute atomic E-state index is 0.226. The van der Waals surface area contributed by atoms with Gasteiger partial charge in [-0.25, -0.2) is 19.9 Å². The standard InChI is InChI=1S/4C8H7NS2.2ClH.Rh/c4*1-10-8-9-6-4-2-3-5-7(6)11-8;;;/h4*2-5H,1H3;2*1H;/q;;;;;;+2/p-2. The molecule has 4 nitrogen and oxygen atoms in total. The summed E-state index contributed by atoms with van der Waals surface area (Å²) in [5, 5.41) is 0. The average Bonchev–Trinajstić information content (AvgIpc) is 3.92. The Balaban J connectivity index is 0.000000138. The predicted molar refractivity (Wildman–Crippen MR) is 217 cm³/mol. The van der Waals surface area contributed by atoms with Gasteiger partial charge in [0.05, 0.1) is 40.9 Å². The van der Waals surface area contributed by atoms with E-state index >= 15 is 0 Å². The minimum atomic E-state index is -0.226. The van der Waals surface area contributed by atoms with Crippen LogP contribution in [0.25, 0.3) is 40.9 Å². The van der Waals surface area contributed by atoms with Gasteiger partial charge in [0.1, 0.15) is 0 Å². The number of benzene rings is 4. The van der Waals surface area contributed by atoms with Crippen molar-refractivity contribution < 1.29 is 15.1 Å². The Bertz CT molecular complexity index is 1670. The van der Waals surface area contributed by atoms with Crippen LogP contribution in [0.5, 0.6) is 0 Å². The fourth-order valence-corrected chi connectivity index (χ4v) is 9.71. The molecular weight excluding hydrogens is 871 g/mol. The molecule has 0 aliphatic heterocycles. The van der Waals surface area contributed by atoms with Gasteiger partial charge in [-0.3, -0.25) is 0 Å². The molecule has 4 aromatic carbocycles. The summed E-state index contributed by atoms with van der Waals surface area (Å²) in [6, 6.07) is 32.9. The molecule has 0 spiro atoms. The first-order chi connectivity index (χ1) is 23.0. The molecule has 4 aromatic heterocycles. The molecule has 247 valence electrons. The number of halogens is 2. The first kappa shape index (κ1) is 38.8. The maximum atomic E-state index is 4.83. The molecular formula is C32H28Cl2N4RhS8. The van der Waals surface area contributed by atoms with Gasteiger partial charge in [0.15, 0.2) is 17.4 Å². The monoisotopic (exact) mass is 897 g/mol. The van der Waals surface area contributed by atoms with E-state index in [1.807, 2.05) is 72.8 Å². The molecule has 0 aliphatic rings. The van der Waals surface area contributed by atoms with Crippen molar-refractivity contribution in [3.05, 3.63) is 97.1 Å². The van der Waals surface area contributed by atoms with Crippen molar-refractivity contribution in [3.8, 4) is 0 Å². The van der Waals surface area contributed by atoms with Gasteiger partial charge in [0.25, 0.3) is 0 Å². The summed E-state index contributed by atoms with van der Waals surface area (Å²) in [5.74, 6) is 0. The summed E-state index contributed by atoms with van der Waals surface area (Å²) in [6.07, 6.45) is 8.21. The van der Waals surface area contributed by atoms with Crippen molar-refractivity contribution in [2.75, 3.05) is 25.0 Å². The van der Waals surface area contributed by atoms with E-state index in [1.54, 1.807) is 92.4 Å². The van der Waals surface area contributed by atoms with Crippen molar-refractivity contribution in [3.63, 3.8) is 0 Å². The number of hydrogen-bond donors (Lipinski definition) is 0. The number of aromatic nitrogens is 4. The molecule has 0 saturated carbocycles. The Kier molecular flexibility index (Phi) is 17.6. The zero-order valence-electron chi connectivity index (χ0n) is 25.4. The third kappa shape index (κ3) is 12.1. The molecule has 4 heterocycles. The van der Waals surface area contributed by atoms with Gasteiger partial charge in [0, 0.05) is 0 Å². The van der Waals surface area contributed by atoms with Gasteiger partial charge in [-0.15, -0.1) is 45.3 Å². The van der Waals surface area contributed by atoms with Crippen LogP contribution in [0.1, 0.15) is 0 Å². The number of hydrogen-bond acceptors (Lipinski definition) is 12. The topological polar surface area (TPSA) is 51.6 Å².